The van der Waals surface area contributed by atoms with E-state index < -0.39 is 0 Å². The van der Waals surface area contributed by atoms with Crippen LogP contribution in [0.2, 0.25) is 0 Å². The molecule has 4 nitrogen and oxygen atoms in total. The minimum absolute atomic E-state index is 0.234. The highest BCUT2D eigenvalue weighted by molar-refractivity contribution is 5.78. The lowest BCUT2D eigenvalue weighted by molar-refractivity contribution is -0.119. The molecule has 0 saturated heterocycles. The number of hydrogen-bond donors (Lipinski definition) is 2. The van der Waals surface area contributed by atoms with Crippen LogP contribution in [0.15, 0.2) is 42.6 Å². The molecule has 1 aromatic heterocycles. The zero-order chi connectivity index (χ0) is 17.4. The van der Waals surface area contributed by atoms with Crippen molar-refractivity contribution in [2.45, 2.75) is 45.1 Å². The molecule has 1 aromatic carbocycles. The highest BCUT2D eigenvalue weighted by Gasteiger charge is 2.10. The number of hydrogen-bond acceptors (Lipinski definition) is 3. The molecule has 3 N–H and O–H groups in total. The summed E-state index contributed by atoms with van der Waals surface area (Å²) in [4.78, 5) is 18.9. The van der Waals surface area contributed by atoms with Crippen LogP contribution in [-0.4, -0.2) is 15.8 Å². The second-order valence-electron chi connectivity index (χ2n) is 5.83. The number of halogens is 1. The van der Waals surface area contributed by atoms with Gasteiger partial charge in [0.15, 0.2) is 0 Å². The third-order valence-corrected chi connectivity index (χ3v) is 3.78. The maximum atomic E-state index is 13.0. The normalized spacial score (nSPS) is 12.6. The number of allylic oxidation sites excluding steroid dienone is 1. The quantitative estimate of drug-likeness (QED) is 0.673. The summed E-state index contributed by atoms with van der Waals surface area (Å²) in [5, 5.41) is 0. The molecule has 0 aliphatic rings. The van der Waals surface area contributed by atoms with Crippen LogP contribution >= 0.6 is 0 Å². The van der Waals surface area contributed by atoms with E-state index in [4.69, 9.17) is 5.73 Å². The van der Waals surface area contributed by atoms with Gasteiger partial charge in [0.25, 0.3) is 0 Å². The molecule has 2 aromatic rings. The van der Waals surface area contributed by atoms with Crippen LogP contribution in [0.25, 0.3) is 11.3 Å². The van der Waals surface area contributed by atoms with Crippen molar-refractivity contribution >= 4 is 5.78 Å². The molecule has 1 heterocycles. The van der Waals surface area contributed by atoms with Crippen molar-refractivity contribution in [3.63, 3.8) is 0 Å². The van der Waals surface area contributed by atoms with E-state index in [0.717, 1.165) is 24.1 Å². The first kappa shape index (κ1) is 18.1. The van der Waals surface area contributed by atoms with E-state index in [1.807, 2.05) is 19.1 Å². The molecule has 0 unspecified atom stereocenters. The molecule has 0 fully saturated rings. The predicted molar refractivity (Wildman–Crippen MR) is 93.8 cm³/mol. The summed E-state index contributed by atoms with van der Waals surface area (Å²) in [6.07, 6.45) is 9.25. The van der Waals surface area contributed by atoms with Crippen molar-refractivity contribution < 1.29 is 9.18 Å². The van der Waals surface area contributed by atoms with Gasteiger partial charge in [-0.2, -0.15) is 0 Å². The number of carbonyl (C=O) groups excluding carboxylic acids is 1. The molecule has 1 atom stereocenters. The van der Waals surface area contributed by atoms with Gasteiger partial charge < -0.3 is 10.7 Å². The Labute approximate surface area is 142 Å². The second kappa shape index (κ2) is 9.13. The molecular weight excluding hydrogens is 305 g/mol. The minimum Gasteiger partial charge on any atom is -0.341 e. The summed E-state index contributed by atoms with van der Waals surface area (Å²) in [6.45, 7) is 2.01. The first-order valence-electron chi connectivity index (χ1n) is 8.33. The van der Waals surface area contributed by atoms with Gasteiger partial charge in [-0.3, -0.25) is 4.79 Å². The number of Topliss-reactive ketones (excluding diaryl/α,β-unsaturated/α-hetero) is 1. The molecule has 0 radical (unpaired) electrons. The standard InChI is InChI=1S/C19H24FN3O/c1-2-6-16(24)7-4-3-5-8-17(21)19-22-13-18(23-19)14-9-11-15(20)12-10-14/h3,5,9-13,17H,2,4,6-8,21H2,1H3,(H,22,23)/b5-3+/t17-/m0/s1. The van der Waals surface area contributed by atoms with Crippen LogP contribution in [0.1, 0.15) is 50.9 Å². The molecule has 0 saturated carbocycles. The molecular formula is C19H24FN3O. The van der Waals surface area contributed by atoms with Gasteiger partial charge in [0.05, 0.1) is 17.9 Å². The smallest absolute Gasteiger partial charge is 0.133 e. The number of H-pyrrole nitrogens is 1. The third-order valence-electron chi connectivity index (χ3n) is 3.78. The van der Waals surface area contributed by atoms with E-state index in [9.17, 15) is 9.18 Å². The van der Waals surface area contributed by atoms with Crippen molar-refractivity contribution in [1.29, 1.82) is 0 Å². The summed E-state index contributed by atoms with van der Waals surface area (Å²) in [5.41, 5.74) is 7.81. The van der Waals surface area contributed by atoms with Crippen LogP contribution < -0.4 is 5.73 Å². The average Bonchev–Trinajstić information content (AvgIpc) is 3.05. The fourth-order valence-corrected chi connectivity index (χ4v) is 2.42. The van der Waals surface area contributed by atoms with E-state index in [2.05, 4.69) is 9.97 Å². The molecule has 0 amide bonds. The van der Waals surface area contributed by atoms with Crippen molar-refractivity contribution in [3.8, 4) is 11.3 Å². The fourth-order valence-electron chi connectivity index (χ4n) is 2.42. The molecule has 0 aliphatic carbocycles. The first-order chi connectivity index (χ1) is 11.6. The Kier molecular flexibility index (Phi) is 6.88. The fraction of sp³-hybridized carbons (Fsp3) is 0.368. The van der Waals surface area contributed by atoms with Crippen LogP contribution in [0.4, 0.5) is 4.39 Å². The van der Waals surface area contributed by atoms with Crippen molar-refractivity contribution in [2.24, 2.45) is 5.73 Å². The highest BCUT2D eigenvalue weighted by atomic mass is 19.1. The van der Waals surface area contributed by atoms with E-state index in [1.54, 1.807) is 18.3 Å². The average molecular weight is 329 g/mol. The molecule has 0 bridgehead atoms. The van der Waals surface area contributed by atoms with Gasteiger partial charge in [-0.1, -0.05) is 19.1 Å². The zero-order valence-electron chi connectivity index (χ0n) is 14.0. The van der Waals surface area contributed by atoms with Gasteiger partial charge in [0.1, 0.15) is 17.4 Å². The molecule has 0 spiro atoms. The molecule has 0 aliphatic heterocycles. The monoisotopic (exact) mass is 329 g/mol. The van der Waals surface area contributed by atoms with Gasteiger partial charge in [-0.05, 0) is 49.1 Å². The maximum absolute atomic E-state index is 13.0. The number of rotatable bonds is 9. The summed E-state index contributed by atoms with van der Waals surface area (Å²) in [5.74, 6) is 0.736. The van der Waals surface area contributed by atoms with Gasteiger partial charge in [-0.25, -0.2) is 9.37 Å². The number of imidazole rings is 1. The van der Waals surface area contributed by atoms with Crippen molar-refractivity contribution in [1.82, 2.24) is 9.97 Å². The minimum atomic E-state index is -0.266. The predicted octanol–water partition coefficient (Wildman–Crippen LogP) is 4.31. The Hall–Kier alpha value is -2.27. The van der Waals surface area contributed by atoms with Gasteiger partial charge in [0.2, 0.25) is 0 Å². The maximum Gasteiger partial charge on any atom is 0.133 e. The van der Waals surface area contributed by atoms with Crippen LogP contribution in [-0.2, 0) is 4.79 Å². The number of aromatic nitrogens is 2. The van der Waals surface area contributed by atoms with E-state index in [-0.39, 0.29) is 11.9 Å². The SMILES string of the molecule is CCCC(=O)CC/C=C/C[C@H](N)c1ncc(-c2ccc(F)cc2)[nH]1. The number of aromatic amines is 1. The Bertz CT molecular complexity index is 676. The molecule has 2 rings (SSSR count). The summed E-state index contributed by atoms with van der Waals surface area (Å²) < 4.78 is 13.0. The second-order valence-corrected chi connectivity index (χ2v) is 5.83. The Balaban J connectivity index is 1.84. The third kappa shape index (κ3) is 5.42. The van der Waals surface area contributed by atoms with Gasteiger partial charge in [0, 0.05) is 12.8 Å². The Morgan fingerprint density at radius 3 is 2.75 bits per heavy atom. The number of nitrogens with two attached hydrogens (primary N) is 1. The number of ketones is 1. The van der Waals surface area contributed by atoms with Crippen LogP contribution in [0, 0.1) is 5.82 Å². The van der Waals surface area contributed by atoms with Gasteiger partial charge >= 0.3 is 0 Å². The topological polar surface area (TPSA) is 71.8 Å². The van der Waals surface area contributed by atoms with E-state index >= 15 is 0 Å². The Morgan fingerprint density at radius 1 is 1.29 bits per heavy atom. The lowest BCUT2D eigenvalue weighted by Gasteiger charge is -2.05. The molecule has 24 heavy (non-hydrogen) atoms. The highest BCUT2D eigenvalue weighted by Crippen LogP contribution is 2.20. The molecule has 128 valence electrons. The largest absolute Gasteiger partial charge is 0.341 e. The zero-order valence-corrected chi connectivity index (χ0v) is 14.0. The number of nitrogens with one attached hydrogen (secondary N) is 1. The Morgan fingerprint density at radius 2 is 2.04 bits per heavy atom. The van der Waals surface area contributed by atoms with E-state index in [0.29, 0.717) is 30.9 Å². The lowest BCUT2D eigenvalue weighted by Crippen LogP contribution is -2.10. The number of carbonyl (C=O) groups is 1. The number of nitrogens with zero attached hydrogens (tertiary/aromatic N) is 1. The van der Waals surface area contributed by atoms with Crippen molar-refractivity contribution in [2.75, 3.05) is 0 Å². The van der Waals surface area contributed by atoms with Gasteiger partial charge in [-0.15, -0.1) is 0 Å². The van der Waals surface area contributed by atoms with E-state index in [1.165, 1.54) is 12.1 Å². The van der Waals surface area contributed by atoms with Crippen LogP contribution in [0.5, 0.6) is 0 Å². The lowest BCUT2D eigenvalue weighted by atomic mass is 10.1. The summed E-state index contributed by atoms with van der Waals surface area (Å²) in [6, 6.07) is 6.00. The summed E-state index contributed by atoms with van der Waals surface area (Å²) in [7, 11) is 0. The summed E-state index contributed by atoms with van der Waals surface area (Å²) >= 11 is 0. The van der Waals surface area contributed by atoms with Crippen molar-refractivity contribution in [3.05, 3.63) is 54.3 Å². The van der Waals surface area contributed by atoms with Crippen LogP contribution in [0.3, 0.4) is 0 Å². The first-order valence-corrected chi connectivity index (χ1v) is 8.33. The number of benzene rings is 1. The molecule has 5 heteroatoms.